The fourth-order valence-electron chi connectivity index (χ4n) is 2.59. The van der Waals surface area contributed by atoms with E-state index >= 15 is 0 Å². The number of hydrogen-bond acceptors (Lipinski definition) is 5. The van der Waals surface area contributed by atoms with Gasteiger partial charge in [0.1, 0.15) is 5.75 Å². The van der Waals surface area contributed by atoms with E-state index in [1.165, 1.54) is 16.8 Å². The number of carbonyl (C=O) groups excluding carboxylic acids is 1. The van der Waals surface area contributed by atoms with Gasteiger partial charge >= 0.3 is 6.61 Å². The Morgan fingerprint density at radius 1 is 1.30 bits per heavy atom. The maximum absolute atomic E-state index is 12.5. The molecule has 1 amide bonds. The van der Waals surface area contributed by atoms with Crippen LogP contribution in [0.1, 0.15) is 36.5 Å². The molecule has 1 aromatic carbocycles. The predicted octanol–water partition coefficient (Wildman–Crippen LogP) is 2.70. The second kappa shape index (κ2) is 10.2. The molecule has 0 spiro atoms. The summed E-state index contributed by atoms with van der Waals surface area (Å²) in [4.78, 5) is 12.5. The van der Waals surface area contributed by atoms with Crippen molar-refractivity contribution in [2.45, 2.75) is 39.8 Å². The highest BCUT2D eigenvalue weighted by Crippen LogP contribution is 2.18. The van der Waals surface area contributed by atoms with E-state index in [9.17, 15) is 13.6 Å². The zero-order valence-corrected chi connectivity index (χ0v) is 16.2. The maximum atomic E-state index is 12.5. The molecule has 1 atom stereocenters. The molecule has 0 saturated heterocycles. The third-order valence-corrected chi connectivity index (χ3v) is 3.79. The molecule has 3 N–H and O–H groups in total. The smallest absolute Gasteiger partial charge is 0.387 e. The average molecular weight is 404 g/mol. The second-order valence-corrected chi connectivity index (χ2v) is 6.34. The number of halogens is 3. The standard InChI is InChI=1S/C17H23F2N5O2.ClH/c1-10(2)8-12(9-20)21-16(25)15-11(3)24(23-22-15)13-4-6-14(7-5-13)26-17(18)19;/h4-7,10,12,17H,8-9,20H2,1-3H3,(H,21,25);1H. The van der Waals surface area contributed by atoms with Gasteiger partial charge in [0.15, 0.2) is 5.69 Å². The number of rotatable bonds is 8. The quantitative estimate of drug-likeness (QED) is 0.706. The molecule has 10 heteroatoms. The topological polar surface area (TPSA) is 95.1 Å². The van der Waals surface area contributed by atoms with Gasteiger partial charge in [-0.15, -0.1) is 17.5 Å². The molecule has 150 valence electrons. The van der Waals surface area contributed by atoms with E-state index in [1.807, 2.05) is 0 Å². The Morgan fingerprint density at radius 3 is 2.44 bits per heavy atom. The molecule has 7 nitrogen and oxygen atoms in total. The van der Waals surface area contributed by atoms with Crippen molar-refractivity contribution in [3.63, 3.8) is 0 Å². The predicted molar refractivity (Wildman–Crippen MR) is 99.7 cm³/mol. The van der Waals surface area contributed by atoms with Gasteiger partial charge in [0.2, 0.25) is 0 Å². The number of hydrogen-bond donors (Lipinski definition) is 2. The van der Waals surface area contributed by atoms with E-state index in [4.69, 9.17) is 5.73 Å². The van der Waals surface area contributed by atoms with Crippen LogP contribution in [0.15, 0.2) is 24.3 Å². The van der Waals surface area contributed by atoms with E-state index < -0.39 is 6.61 Å². The van der Waals surface area contributed by atoms with E-state index in [0.717, 1.165) is 6.42 Å². The summed E-state index contributed by atoms with van der Waals surface area (Å²) in [5.41, 5.74) is 7.01. The van der Waals surface area contributed by atoms with Gasteiger partial charge in [-0.2, -0.15) is 8.78 Å². The van der Waals surface area contributed by atoms with Crippen molar-refractivity contribution in [3.8, 4) is 11.4 Å². The van der Waals surface area contributed by atoms with E-state index in [-0.39, 0.29) is 35.8 Å². The van der Waals surface area contributed by atoms with Crippen LogP contribution in [0.5, 0.6) is 5.75 Å². The largest absolute Gasteiger partial charge is 0.435 e. The van der Waals surface area contributed by atoms with Gasteiger partial charge in [0, 0.05) is 12.6 Å². The number of nitrogens with two attached hydrogens (primary N) is 1. The first-order valence-electron chi connectivity index (χ1n) is 8.30. The maximum Gasteiger partial charge on any atom is 0.387 e. The van der Waals surface area contributed by atoms with Crippen molar-refractivity contribution < 1.29 is 18.3 Å². The fourth-order valence-corrected chi connectivity index (χ4v) is 2.59. The molecule has 2 rings (SSSR count). The zero-order valence-electron chi connectivity index (χ0n) is 15.4. The van der Waals surface area contributed by atoms with Crippen LogP contribution in [0.3, 0.4) is 0 Å². The average Bonchev–Trinajstić information content (AvgIpc) is 2.95. The number of carbonyl (C=O) groups is 1. The van der Waals surface area contributed by atoms with Crippen LogP contribution < -0.4 is 15.8 Å². The van der Waals surface area contributed by atoms with Crippen LogP contribution >= 0.6 is 12.4 Å². The molecule has 1 aromatic heterocycles. The highest BCUT2D eigenvalue weighted by atomic mass is 35.5. The second-order valence-electron chi connectivity index (χ2n) is 6.34. The van der Waals surface area contributed by atoms with Gasteiger partial charge in [0.25, 0.3) is 5.91 Å². The molecule has 2 aromatic rings. The van der Waals surface area contributed by atoms with Gasteiger partial charge in [-0.1, -0.05) is 19.1 Å². The molecule has 1 unspecified atom stereocenters. The lowest BCUT2D eigenvalue weighted by molar-refractivity contribution is -0.0498. The molecule has 0 fully saturated rings. The van der Waals surface area contributed by atoms with Gasteiger partial charge in [0.05, 0.1) is 11.4 Å². The minimum Gasteiger partial charge on any atom is -0.435 e. The highest BCUT2D eigenvalue weighted by molar-refractivity contribution is 5.93. The van der Waals surface area contributed by atoms with Crippen molar-refractivity contribution in [2.24, 2.45) is 11.7 Å². The lowest BCUT2D eigenvalue weighted by atomic mass is 10.0. The summed E-state index contributed by atoms with van der Waals surface area (Å²) >= 11 is 0. The number of nitrogens with one attached hydrogen (secondary N) is 1. The van der Waals surface area contributed by atoms with Crippen LogP contribution in [0, 0.1) is 12.8 Å². The summed E-state index contributed by atoms with van der Waals surface area (Å²) in [6.07, 6.45) is 0.765. The number of ether oxygens (including phenoxy) is 1. The summed E-state index contributed by atoms with van der Waals surface area (Å²) in [5.74, 6) is 0.0936. The Labute approximate surface area is 162 Å². The van der Waals surface area contributed by atoms with Crippen LogP contribution in [-0.2, 0) is 0 Å². The Bertz CT molecular complexity index is 737. The lowest BCUT2D eigenvalue weighted by Gasteiger charge is -2.18. The number of alkyl halides is 2. The molecular formula is C17H24ClF2N5O2. The van der Waals surface area contributed by atoms with Crippen molar-refractivity contribution >= 4 is 18.3 Å². The van der Waals surface area contributed by atoms with Crippen molar-refractivity contribution in [2.75, 3.05) is 6.54 Å². The van der Waals surface area contributed by atoms with Gasteiger partial charge < -0.3 is 15.8 Å². The van der Waals surface area contributed by atoms with Crippen LogP contribution in [0.2, 0.25) is 0 Å². The monoisotopic (exact) mass is 403 g/mol. The van der Waals surface area contributed by atoms with Gasteiger partial charge in [-0.25, -0.2) is 4.68 Å². The first-order valence-corrected chi connectivity index (χ1v) is 8.30. The van der Waals surface area contributed by atoms with Crippen LogP contribution in [0.25, 0.3) is 5.69 Å². The third-order valence-electron chi connectivity index (χ3n) is 3.79. The van der Waals surface area contributed by atoms with Crippen molar-refractivity contribution in [3.05, 3.63) is 35.7 Å². The summed E-state index contributed by atoms with van der Waals surface area (Å²) in [6.45, 7) is 3.27. The highest BCUT2D eigenvalue weighted by Gasteiger charge is 2.20. The Kier molecular flexibility index (Phi) is 8.58. The Balaban J connectivity index is 0.00000364. The summed E-state index contributed by atoms with van der Waals surface area (Å²) in [6, 6.07) is 5.77. The molecule has 1 heterocycles. The first-order chi connectivity index (χ1) is 12.3. The minimum atomic E-state index is -2.88. The molecule has 0 aliphatic carbocycles. The molecule has 0 radical (unpaired) electrons. The van der Waals surface area contributed by atoms with E-state index in [2.05, 4.69) is 34.2 Å². The minimum absolute atomic E-state index is 0. The number of aromatic nitrogens is 3. The number of benzene rings is 1. The Hall–Kier alpha value is -2.26. The molecular weight excluding hydrogens is 380 g/mol. The molecule has 0 saturated carbocycles. The molecule has 0 bridgehead atoms. The molecule has 0 aliphatic rings. The van der Waals surface area contributed by atoms with Gasteiger partial charge in [-0.3, -0.25) is 4.79 Å². The first kappa shape index (κ1) is 22.8. The van der Waals surface area contributed by atoms with E-state index in [1.54, 1.807) is 19.1 Å². The van der Waals surface area contributed by atoms with Gasteiger partial charge in [-0.05, 0) is 43.5 Å². The zero-order chi connectivity index (χ0) is 19.3. The normalized spacial score (nSPS) is 12.0. The van der Waals surface area contributed by atoms with Crippen molar-refractivity contribution in [1.29, 1.82) is 0 Å². The van der Waals surface area contributed by atoms with Crippen LogP contribution in [0.4, 0.5) is 8.78 Å². The molecule has 0 aliphatic heterocycles. The fraction of sp³-hybridized carbons (Fsp3) is 0.471. The van der Waals surface area contributed by atoms with Crippen molar-refractivity contribution in [1.82, 2.24) is 20.3 Å². The lowest BCUT2D eigenvalue weighted by Crippen LogP contribution is -2.41. The summed E-state index contributed by atoms with van der Waals surface area (Å²) in [5, 5.41) is 10.8. The summed E-state index contributed by atoms with van der Waals surface area (Å²) in [7, 11) is 0. The number of nitrogens with zero attached hydrogens (tertiary/aromatic N) is 3. The van der Waals surface area contributed by atoms with Crippen LogP contribution in [-0.4, -0.2) is 40.1 Å². The summed E-state index contributed by atoms with van der Waals surface area (Å²) < 4.78 is 30.2. The number of amides is 1. The SMILES string of the molecule is Cc1c(C(=O)NC(CN)CC(C)C)nnn1-c1ccc(OC(F)F)cc1.Cl. The molecule has 27 heavy (non-hydrogen) atoms. The Morgan fingerprint density at radius 2 is 1.93 bits per heavy atom. The van der Waals surface area contributed by atoms with E-state index in [0.29, 0.717) is 23.8 Å². The third kappa shape index (κ3) is 6.14.